The molecule has 2 atom stereocenters. The summed E-state index contributed by atoms with van der Waals surface area (Å²) in [6.45, 7) is 4.92. The van der Waals surface area contributed by atoms with Gasteiger partial charge in [-0.2, -0.15) is 0 Å². The number of sulfonamides is 1. The summed E-state index contributed by atoms with van der Waals surface area (Å²) < 4.78 is 53.4. The van der Waals surface area contributed by atoms with Gasteiger partial charge in [-0.1, -0.05) is 38.1 Å². The molecule has 0 spiro atoms. The number of ether oxygens (including phenoxy) is 2. The summed E-state index contributed by atoms with van der Waals surface area (Å²) in [5, 5.41) is 2.92. The van der Waals surface area contributed by atoms with Crippen LogP contribution in [-0.4, -0.2) is 58.0 Å². The summed E-state index contributed by atoms with van der Waals surface area (Å²) in [6, 6.07) is 16.9. The molecule has 0 bridgehead atoms. The minimum Gasteiger partial charge on any atom is -0.497 e. The molecule has 1 N–H and O–H groups in total. The largest absolute Gasteiger partial charge is 0.497 e. The summed E-state index contributed by atoms with van der Waals surface area (Å²) in [5.74, 6) is -0.699. The molecular formula is C31H38FN3O6S. The van der Waals surface area contributed by atoms with Crippen molar-refractivity contribution in [2.24, 2.45) is 0 Å². The third-order valence-corrected chi connectivity index (χ3v) is 8.71. The van der Waals surface area contributed by atoms with E-state index in [2.05, 4.69) is 5.32 Å². The summed E-state index contributed by atoms with van der Waals surface area (Å²) in [4.78, 5) is 28.8. The molecule has 0 fully saturated rings. The Balaban J connectivity index is 2.09. The summed E-state index contributed by atoms with van der Waals surface area (Å²) >= 11 is 0. The first-order valence-corrected chi connectivity index (χ1v) is 15.1. The first-order valence-electron chi connectivity index (χ1n) is 13.7. The molecule has 0 aliphatic rings. The van der Waals surface area contributed by atoms with E-state index in [4.69, 9.17) is 9.47 Å². The summed E-state index contributed by atoms with van der Waals surface area (Å²) in [7, 11) is -1.41. The van der Waals surface area contributed by atoms with Crippen LogP contribution in [0.1, 0.15) is 39.2 Å². The average Bonchev–Trinajstić information content (AvgIpc) is 3.00. The van der Waals surface area contributed by atoms with Crippen molar-refractivity contribution in [1.29, 1.82) is 0 Å². The molecule has 226 valence electrons. The number of para-hydroxylation sites is 2. The highest BCUT2D eigenvalue weighted by molar-refractivity contribution is 7.92. The molecule has 11 heteroatoms. The smallest absolute Gasteiger partial charge is 0.264 e. The number of benzene rings is 3. The molecule has 0 aliphatic carbocycles. The second-order valence-electron chi connectivity index (χ2n) is 9.75. The first-order chi connectivity index (χ1) is 20.0. The number of halogens is 1. The molecule has 3 aromatic rings. The van der Waals surface area contributed by atoms with E-state index < -0.39 is 34.3 Å². The van der Waals surface area contributed by atoms with Crippen LogP contribution in [0.25, 0.3) is 0 Å². The highest BCUT2D eigenvalue weighted by Crippen LogP contribution is 2.33. The zero-order chi connectivity index (χ0) is 30.9. The zero-order valence-corrected chi connectivity index (χ0v) is 25.4. The number of rotatable bonds is 14. The van der Waals surface area contributed by atoms with E-state index in [1.807, 2.05) is 13.8 Å². The summed E-state index contributed by atoms with van der Waals surface area (Å²) in [6.07, 6.45) is 0.963. The van der Waals surface area contributed by atoms with E-state index in [0.717, 1.165) is 4.31 Å². The fraction of sp³-hybridized carbons (Fsp3) is 0.355. The number of hydrogen-bond acceptors (Lipinski definition) is 6. The number of nitrogens with one attached hydrogen (secondary N) is 1. The van der Waals surface area contributed by atoms with Crippen molar-refractivity contribution in [2.45, 2.75) is 57.1 Å². The predicted octanol–water partition coefficient (Wildman–Crippen LogP) is 4.76. The predicted molar refractivity (Wildman–Crippen MR) is 159 cm³/mol. The number of methoxy groups -OCH3 is 2. The first kappa shape index (κ1) is 32.4. The lowest BCUT2D eigenvalue weighted by Gasteiger charge is -2.34. The third kappa shape index (κ3) is 7.79. The van der Waals surface area contributed by atoms with Crippen LogP contribution in [0.5, 0.6) is 11.5 Å². The second kappa shape index (κ2) is 14.7. The van der Waals surface area contributed by atoms with E-state index >= 15 is 0 Å². The molecular weight excluding hydrogens is 561 g/mol. The van der Waals surface area contributed by atoms with Gasteiger partial charge in [-0.05, 0) is 73.9 Å². The van der Waals surface area contributed by atoms with Crippen molar-refractivity contribution in [3.63, 3.8) is 0 Å². The van der Waals surface area contributed by atoms with Gasteiger partial charge in [0.1, 0.15) is 29.9 Å². The highest BCUT2D eigenvalue weighted by Gasteiger charge is 2.35. The molecule has 3 rings (SSSR count). The van der Waals surface area contributed by atoms with Gasteiger partial charge < -0.3 is 19.7 Å². The number of anilines is 1. The summed E-state index contributed by atoms with van der Waals surface area (Å²) in [5.41, 5.74) is 0.740. The Kier molecular flexibility index (Phi) is 11.3. The molecule has 2 amide bonds. The minimum atomic E-state index is -4.29. The second-order valence-corrected chi connectivity index (χ2v) is 11.6. The fourth-order valence-electron chi connectivity index (χ4n) is 4.37. The van der Waals surface area contributed by atoms with Crippen LogP contribution >= 0.6 is 0 Å². The van der Waals surface area contributed by atoms with Crippen LogP contribution in [-0.2, 0) is 26.2 Å². The van der Waals surface area contributed by atoms with Gasteiger partial charge in [0.05, 0.1) is 24.8 Å². The van der Waals surface area contributed by atoms with Crippen LogP contribution in [0.15, 0.2) is 77.7 Å². The van der Waals surface area contributed by atoms with Crippen LogP contribution in [0.4, 0.5) is 10.1 Å². The monoisotopic (exact) mass is 599 g/mol. The molecule has 0 aliphatic heterocycles. The van der Waals surface area contributed by atoms with Crippen molar-refractivity contribution >= 4 is 27.5 Å². The minimum absolute atomic E-state index is 0.0338. The number of hydrogen-bond donors (Lipinski definition) is 1. The van der Waals surface area contributed by atoms with Gasteiger partial charge in [0.25, 0.3) is 10.0 Å². The quantitative estimate of drug-likeness (QED) is 0.287. The zero-order valence-electron chi connectivity index (χ0n) is 24.5. The topological polar surface area (TPSA) is 105 Å². The fourth-order valence-corrected chi connectivity index (χ4v) is 5.80. The normalized spacial score (nSPS) is 12.6. The molecule has 9 nitrogen and oxygen atoms in total. The Morgan fingerprint density at radius 3 is 2.12 bits per heavy atom. The molecule has 0 aromatic heterocycles. The van der Waals surface area contributed by atoms with E-state index in [0.29, 0.717) is 17.7 Å². The average molecular weight is 600 g/mol. The van der Waals surface area contributed by atoms with Crippen molar-refractivity contribution < 1.29 is 31.9 Å². The lowest BCUT2D eigenvalue weighted by atomic mass is 10.1. The Bertz CT molecular complexity index is 1450. The van der Waals surface area contributed by atoms with Crippen LogP contribution in [0, 0.1) is 5.82 Å². The van der Waals surface area contributed by atoms with Crippen molar-refractivity contribution in [1.82, 2.24) is 10.2 Å². The molecule has 0 saturated heterocycles. The number of amides is 2. The standard InChI is InChI=1S/C31H38FN3O6S/c1-6-22(3)33-31(37)27(7-2)34(20-23-12-14-24(32)15-13-23)30(36)21-35(28-10-8-9-11-29(28)41-5)42(38,39)26-18-16-25(40-4)17-19-26/h8-19,22,27H,6-7,20-21H2,1-5H3,(H,33,37)/t22-,27+/m0/s1. The lowest BCUT2D eigenvalue weighted by molar-refractivity contribution is -0.140. The molecule has 42 heavy (non-hydrogen) atoms. The van der Waals surface area contributed by atoms with Crippen LogP contribution in [0.2, 0.25) is 0 Å². The maximum absolute atomic E-state index is 14.1. The Hall–Kier alpha value is -4.12. The third-order valence-electron chi connectivity index (χ3n) is 6.93. The Labute approximate surface area is 247 Å². The Morgan fingerprint density at radius 2 is 1.55 bits per heavy atom. The van der Waals surface area contributed by atoms with Gasteiger partial charge in [0.15, 0.2) is 0 Å². The van der Waals surface area contributed by atoms with Gasteiger partial charge in [0.2, 0.25) is 11.8 Å². The molecule has 3 aromatic carbocycles. The lowest BCUT2D eigenvalue weighted by Crippen LogP contribution is -2.53. The van der Waals surface area contributed by atoms with Crippen molar-refractivity contribution in [3.05, 3.63) is 84.2 Å². The molecule has 0 unspecified atom stereocenters. The SMILES string of the molecule is CC[C@H](C(=O)N[C@@H](C)CC)N(Cc1ccc(F)cc1)C(=O)CN(c1ccccc1OC)S(=O)(=O)c1ccc(OC)cc1. The van der Waals surface area contributed by atoms with Crippen LogP contribution in [0.3, 0.4) is 0 Å². The van der Waals surface area contributed by atoms with E-state index in [9.17, 15) is 22.4 Å². The van der Waals surface area contributed by atoms with Crippen molar-refractivity contribution in [3.8, 4) is 11.5 Å². The number of carbonyl (C=O) groups is 2. The van der Waals surface area contributed by atoms with Crippen LogP contribution < -0.4 is 19.1 Å². The van der Waals surface area contributed by atoms with Gasteiger partial charge in [0, 0.05) is 12.6 Å². The number of nitrogens with zero attached hydrogens (tertiary/aromatic N) is 2. The van der Waals surface area contributed by atoms with Gasteiger partial charge in [-0.15, -0.1) is 0 Å². The molecule has 0 saturated carbocycles. The Morgan fingerprint density at radius 1 is 0.905 bits per heavy atom. The van der Waals surface area contributed by atoms with E-state index in [1.165, 1.54) is 67.7 Å². The van der Waals surface area contributed by atoms with E-state index in [-0.39, 0.29) is 41.2 Å². The molecule has 0 heterocycles. The van der Waals surface area contributed by atoms with E-state index in [1.54, 1.807) is 31.2 Å². The highest BCUT2D eigenvalue weighted by atomic mass is 32.2. The maximum atomic E-state index is 14.1. The van der Waals surface area contributed by atoms with Crippen molar-refractivity contribution in [2.75, 3.05) is 25.1 Å². The maximum Gasteiger partial charge on any atom is 0.264 e. The van der Waals surface area contributed by atoms with Gasteiger partial charge >= 0.3 is 0 Å². The van der Waals surface area contributed by atoms with Gasteiger partial charge in [-0.25, -0.2) is 12.8 Å². The molecule has 0 radical (unpaired) electrons. The van der Waals surface area contributed by atoms with Gasteiger partial charge in [-0.3, -0.25) is 13.9 Å². The number of carbonyl (C=O) groups excluding carboxylic acids is 2.